The molecule has 1 rings (SSSR count). The molecule has 1 heterocycles. The topological polar surface area (TPSA) is 93.0 Å². The van der Waals surface area contributed by atoms with Crippen LogP contribution >= 0.6 is 0 Å². The first-order valence-electron chi connectivity index (χ1n) is 6.89. The molecule has 2 N–H and O–H groups in total. The van der Waals surface area contributed by atoms with Crippen LogP contribution in [0.4, 0.5) is 17.5 Å². The summed E-state index contributed by atoms with van der Waals surface area (Å²) in [4.78, 5) is 18.5. The monoisotopic (exact) mass is 281 g/mol. The molecule has 0 aliphatic heterocycles. The molecule has 20 heavy (non-hydrogen) atoms. The fourth-order valence-corrected chi connectivity index (χ4v) is 1.87. The standard InChI is InChI=1S/C13H23N5O2/c1-9(2)6-5-7-10(3)16-12-11(18(19)20)8-15-13(14-4)17-12/h8-10H,5-7H2,1-4H3,(H2,14,15,16,17). The third-order valence-corrected chi connectivity index (χ3v) is 2.99. The lowest BCUT2D eigenvalue weighted by atomic mass is 10.0. The van der Waals surface area contributed by atoms with Crippen molar-refractivity contribution >= 4 is 17.5 Å². The second-order valence-electron chi connectivity index (χ2n) is 5.30. The molecule has 7 heteroatoms. The van der Waals surface area contributed by atoms with E-state index in [-0.39, 0.29) is 17.5 Å². The average molecular weight is 281 g/mol. The second-order valence-corrected chi connectivity index (χ2v) is 5.30. The molecular weight excluding hydrogens is 258 g/mol. The minimum Gasteiger partial charge on any atom is -0.362 e. The number of anilines is 2. The van der Waals surface area contributed by atoms with Gasteiger partial charge in [-0.05, 0) is 19.3 Å². The van der Waals surface area contributed by atoms with E-state index in [0.29, 0.717) is 11.9 Å². The fraction of sp³-hybridized carbons (Fsp3) is 0.692. The first-order chi connectivity index (χ1) is 9.43. The van der Waals surface area contributed by atoms with Crippen molar-refractivity contribution in [1.29, 1.82) is 0 Å². The first-order valence-corrected chi connectivity index (χ1v) is 6.89. The Hall–Kier alpha value is -1.92. The SMILES string of the molecule is CNc1ncc([N+](=O)[O-])c(NC(C)CCCC(C)C)n1. The van der Waals surface area contributed by atoms with Crippen LogP contribution in [0.1, 0.15) is 40.0 Å². The average Bonchev–Trinajstić information content (AvgIpc) is 2.37. The summed E-state index contributed by atoms with van der Waals surface area (Å²) in [6, 6.07) is 0.132. The molecule has 0 aromatic carbocycles. The molecule has 0 radical (unpaired) electrons. The highest BCUT2D eigenvalue weighted by atomic mass is 16.6. The van der Waals surface area contributed by atoms with Crippen LogP contribution in [0.5, 0.6) is 0 Å². The van der Waals surface area contributed by atoms with Gasteiger partial charge < -0.3 is 10.6 Å². The summed E-state index contributed by atoms with van der Waals surface area (Å²) >= 11 is 0. The van der Waals surface area contributed by atoms with Crippen molar-refractivity contribution in [1.82, 2.24) is 9.97 Å². The van der Waals surface area contributed by atoms with Crippen molar-refractivity contribution in [3.63, 3.8) is 0 Å². The number of nitrogens with zero attached hydrogens (tertiary/aromatic N) is 3. The van der Waals surface area contributed by atoms with Crippen LogP contribution in [-0.4, -0.2) is 28.0 Å². The molecule has 7 nitrogen and oxygen atoms in total. The number of hydrogen-bond donors (Lipinski definition) is 2. The van der Waals surface area contributed by atoms with E-state index in [1.165, 1.54) is 6.20 Å². The Kier molecular flexibility index (Phi) is 6.14. The van der Waals surface area contributed by atoms with Gasteiger partial charge in [0.2, 0.25) is 11.8 Å². The zero-order valence-electron chi connectivity index (χ0n) is 12.5. The van der Waals surface area contributed by atoms with E-state index in [0.717, 1.165) is 19.3 Å². The summed E-state index contributed by atoms with van der Waals surface area (Å²) in [5.74, 6) is 1.31. The van der Waals surface area contributed by atoms with Gasteiger partial charge in [-0.3, -0.25) is 10.1 Å². The Morgan fingerprint density at radius 2 is 2.05 bits per heavy atom. The third kappa shape index (κ3) is 4.99. The van der Waals surface area contributed by atoms with Gasteiger partial charge in [0.05, 0.1) is 4.92 Å². The minimum absolute atomic E-state index is 0.0975. The number of nitro groups is 1. The number of hydrogen-bond acceptors (Lipinski definition) is 6. The Morgan fingerprint density at radius 1 is 1.35 bits per heavy atom. The van der Waals surface area contributed by atoms with Crippen LogP contribution in [0.2, 0.25) is 0 Å². The summed E-state index contributed by atoms with van der Waals surface area (Å²) in [6.07, 6.45) is 4.42. The summed E-state index contributed by atoms with van der Waals surface area (Å²) < 4.78 is 0. The smallest absolute Gasteiger partial charge is 0.329 e. The van der Waals surface area contributed by atoms with Crippen molar-refractivity contribution in [2.24, 2.45) is 5.92 Å². The van der Waals surface area contributed by atoms with E-state index in [4.69, 9.17) is 0 Å². The molecule has 1 atom stereocenters. The molecule has 0 aliphatic rings. The quantitative estimate of drug-likeness (QED) is 0.562. The normalized spacial score (nSPS) is 12.2. The van der Waals surface area contributed by atoms with Crippen LogP contribution in [0.25, 0.3) is 0 Å². The summed E-state index contributed by atoms with van der Waals surface area (Å²) in [6.45, 7) is 6.38. The fourth-order valence-electron chi connectivity index (χ4n) is 1.87. The lowest BCUT2D eigenvalue weighted by Crippen LogP contribution is -2.18. The maximum atomic E-state index is 11.0. The highest BCUT2D eigenvalue weighted by Gasteiger charge is 2.18. The van der Waals surface area contributed by atoms with Crippen LogP contribution < -0.4 is 10.6 Å². The first kappa shape index (κ1) is 16.1. The lowest BCUT2D eigenvalue weighted by molar-refractivity contribution is -0.384. The van der Waals surface area contributed by atoms with E-state index in [1.54, 1.807) is 7.05 Å². The van der Waals surface area contributed by atoms with Crippen LogP contribution in [0, 0.1) is 16.0 Å². The number of nitrogens with one attached hydrogen (secondary N) is 2. The summed E-state index contributed by atoms with van der Waals surface area (Å²) in [7, 11) is 1.68. The van der Waals surface area contributed by atoms with Crippen molar-refractivity contribution in [3.05, 3.63) is 16.3 Å². The number of aromatic nitrogens is 2. The second kappa shape index (κ2) is 7.62. The van der Waals surface area contributed by atoms with Gasteiger partial charge >= 0.3 is 5.69 Å². The summed E-state index contributed by atoms with van der Waals surface area (Å²) in [5.41, 5.74) is -0.0975. The van der Waals surface area contributed by atoms with Gasteiger partial charge in [0.25, 0.3) is 0 Å². The predicted molar refractivity (Wildman–Crippen MR) is 80.0 cm³/mol. The molecule has 0 bridgehead atoms. The van der Waals surface area contributed by atoms with Crippen molar-refractivity contribution in [2.45, 2.75) is 46.1 Å². The van der Waals surface area contributed by atoms with E-state index in [2.05, 4.69) is 34.4 Å². The highest BCUT2D eigenvalue weighted by Crippen LogP contribution is 2.23. The Morgan fingerprint density at radius 3 is 2.60 bits per heavy atom. The largest absolute Gasteiger partial charge is 0.362 e. The van der Waals surface area contributed by atoms with Crippen molar-refractivity contribution in [3.8, 4) is 0 Å². The van der Waals surface area contributed by atoms with Gasteiger partial charge in [-0.25, -0.2) is 4.98 Å². The zero-order chi connectivity index (χ0) is 15.1. The molecule has 1 aromatic rings. The molecule has 0 fully saturated rings. The molecule has 0 aliphatic carbocycles. The van der Waals surface area contributed by atoms with Crippen LogP contribution in [0.3, 0.4) is 0 Å². The number of rotatable bonds is 8. The molecule has 0 amide bonds. The van der Waals surface area contributed by atoms with Gasteiger partial charge in [0.1, 0.15) is 6.20 Å². The molecular formula is C13H23N5O2. The Labute approximate surface area is 119 Å². The predicted octanol–water partition coefficient (Wildman–Crippen LogP) is 3.05. The van der Waals surface area contributed by atoms with Gasteiger partial charge in [0, 0.05) is 13.1 Å². The molecule has 1 unspecified atom stereocenters. The summed E-state index contributed by atoms with van der Waals surface area (Å²) in [5, 5.41) is 16.9. The Bertz CT molecular complexity index is 450. The maximum Gasteiger partial charge on any atom is 0.329 e. The van der Waals surface area contributed by atoms with E-state index in [9.17, 15) is 10.1 Å². The molecule has 0 saturated heterocycles. The zero-order valence-corrected chi connectivity index (χ0v) is 12.5. The lowest BCUT2D eigenvalue weighted by Gasteiger charge is -2.15. The van der Waals surface area contributed by atoms with Crippen LogP contribution in [0.15, 0.2) is 6.20 Å². The molecule has 0 spiro atoms. The van der Waals surface area contributed by atoms with Crippen LogP contribution in [-0.2, 0) is 0 Å². The maximum absolute atomic E-state index is 11.0. The van der Waals surface area contributed by atoms with E-state index < -0.39 is 4.92 Å². The van der Waals surface area contributed by atoms with Crippen molar-refractivity contribution < 1.29 is 4.92 Å². The molecule has 0 saturated carbocycles. The van der Waals surface area contributed by atoms with Gasteiger partial charge in [-0.2, -0.15) is 4.98 Å². The highest BCUT2D eigenvalue weighted by molar-refractivity contribution is 5.57. The van der Waals surface area contributed by atoms with E-state index in [1.807, 2.05) is 6.92 Å². The Balaban J connectivity index is 2.71. The molecule has 1 aromatic heterocycles. The third-order valence-electron chi connectivity index (χ3n) is 2.99. The van der Waals surface area contributed by atoms with Gasteiger partial charge in [0.15, 0.2) is 0 Å². The van der Waals surface area contributed by atoms with Gasteiger partial charge in [-0.15, -0.1) is 0 Å². The van der Waals surface area contributed by atoms with Crippen molar-refractivity contribution in [2.75, 3.05) is 17.7 Å². The molecule has 112 valence electrons. The van der Waals surface area contributed by atoms with E-state index >= 15 is 0 Å². The minimum atomic E-state index is -0.470. The van der Waals surface area contributed by atoms with Gasteiger partial charge in [-0.1, -0.05) is 26.7 Å².